The highest BCUT2D eigenvalue weighted by atomic mass is 16.4. The number of carboxylic acids is 1. The minimum atomic E-state index is -0.809. The molecule has 0 saturated heterocycles. The Labute approximate surface area is 149 Å². The molecule has 1 aliphatic carbocycles. The van der Waals surface area contributed by atoms with Crippen molar-refractivity contribution in [1.29, 1.82) is 0 Å². The van der Waals surface area contributed by atoms with E-state index >= 15 is 0 Å². The molecule has 140 valence electrons. The minimum Gasteiger partial charge on any atom is -0.481 e. The second-order valence-corrected chi connectivity index (χ2v) is 6.70. The summed E-state index contributed by atoms with van der Waals surface area (Å²) in [5, 5.41) is 18.7. The lowest BCUT2D eigenvalue weighted by Crippen LogP contribution is -2.18. The van der Waals surface area contributed by atoms with E-state index in [0.717, 1.165) is 19.3 Å². The zero-order chi connectivity index (χ0) is 18.7. The number of rotatable bonds is 12. The number of aliphatic hydroxyl groups excluding tert-OH is 1. The van der Waals surface area contributed by atoms with Gasteiger partial charge in [0, 0.05) is 31.1 Å². The molecule has 25 heavy (non-hydrogen) atoms. The fourth-order valence-electron chi connectivity index (χ4n) is 3.11. The van der Waals surface area contributed by atoms with Gasteiger partial charge in [-0.05, 0) is 31.8 Å². The van der Waals surface area contributed by atoms with Crippen molar-refractivity contribution in [3.05, 3.63) is 24.3 Å². The summed E-state index contributed by atoms with van der Waals surface area (Å²) < 4.78 is 0. The summed E-state index contributed by atoms with van der Waals surface area (Å²) in [5.74, 6) is -1.35. The van der Waals surface area contributed by atoms with Crippen LogP contribution in [-0.2, 0) is 14.4 Å². The van der Waals surface area contributed by atoms with E-state index in [9.17, 15) is 19.5 Å². The lowest BCUT2D eigenvalue weighted by molar-refractivity contribution is -0.137. The molecule has 3 atom stereocenters. The Morgan fingerprint density at radius 2 is 1.92 bits per heavy atom. The topological polar surface area (TPSA) is 91.7 Å². The number of carbonyl (C=O) groups excluding carboxylic acids is 2. The standard InChI is InChI=1S/C20H30O5/c1-2-3-6-9-15(21)12-13-17-16(18(22)14-19(17)23)10-7-4-5-8-11-20(24)25/h4,7,12-13,16-17,19,23H,2-3,5-6,8-11,14H2,1H3,(H,24,25)/b7-4?,13-12+/t16-,17-,19+/m0/s1. The Hall–Kier alpha value is -1.75. The Kier molecular flexibility index (Phi) is 10.0. The molecule has 0 unspecified atom stereocenters. The molecule has 0 spiro atoms. The molecule has 0 aromatic rings. The van der Waals surface area contributed by atoms with Crippen LogP contribution in [0, 0.1) is 11.8 Å². The van der Waals surface area contributed by atoms with Crippen molar-refractivity contribution in [2.24, 2.45) is 11.8 Å². The maximum absolute atomic E-state index is 12.1. The van der Waals surface area contributed by atoms with Crippen molar-refractivity contribution in [2.45, 2.75) is 70.8 Å². The van der Waals surface area contributed by atoms with Crippen LogP contribution in [0.25, 0.3) is 0 Å². The number of unbranched alkanes of at least 4 members (excludes halogenated alkanes) is 3. The molecule has 1 saturated carbocycles. The number of ketones is 2. The van der Waals surface area contributed by atoms with E-state index in [-0.39, 0.29) is 36.2 Å². The van der Waals surface area contributed by atoms with E-state index in [2.05, 4.69) is 6.92 Å². The van der Waals surface area contributed by atoms with Gasteiger partial charge in [0.1, 0.15) is 5.78 Å². The van der Waals surface area contributed by atoms with E-state index in [0.29, 0.717) is 25.7 Å². The first kappa shape index (κ1) is 21.3. The molecule has 0 aromatic carbocycles. The molecule has 0 heterocycles. The number of carbonyl (C=O) groups is 3. The number of carboxylic acid groups (broad SMARTS) is 1. The molecule has 2 N–H and O–H groups in total. The highest BCUT2D eigenvalue weighted by Crippen LogP contribution is 2.33. The molecule has 0 radical (unpaired) electrons. The second kappa shape index (κ2) is 11.7. The normalized spacial score (nSPS) is 23.8. The van der Waals surface area contributed by atoms with E-state index in [1.807, 2.05) is 12.2 Å². The summed E-state index contributed by atoms with van der Waals surface area (Å²) in [4.78, 5) is 34.4. The van der Waals surface area contributed by atoms with Gasteiger partial charge >= 0.3 is 5.97 Å². The fraction of sp³-hybridized carbons (Fsp3) is 0.650. The smallest absolute Gasteiger partial charge is 0.303 e. The number of Topliss-reactive ketones (excluding diaryl/α,β-unsaturated/α-hetero) is 1. The zero-order valence-electron chi connectivity index (χ0n) is 15.0. The van der Waals surface area contributed by atoms with Gasteiger partial charge in [-0.3, -0.25) is 14.4 Å². The van der Waals surface area contributed by atoms with Crippen molar-refractivity contribution in [2.75, 3.05) is 0 Å². The predicted octanol–water partition coefficient (Wildman–Crippen LogP) is 3.46. The van der Waals surface area contributed by atoms with Crippen LogP contribution in [0.15, 0.2) is 24.3 Å². The predicted molar refractivity (Wildman–Crippen MR) is 96.1 cm³/mol. The van der Waals surface area contributed by atoms with Crippen molar-refractivity contribution < 1.29 is 24.6 Å². The van der Waals surface area contributed by atoms with Crippen LogP contribution in [0.5, 0.6) is 0 Å². The van der Waals surface area contributed by atoms with Gasteiger partial charge in [0.2, 0.25) is 0 Å². The summed E-state index contributed by atoms with van der Waals surface area (Å²) in [6.45, 7) is 2.08. The Morgan fingerprint density at radius 3 is 2.60 bits per heavy atom. The van der Waals surface area contributed by atoms with Crippen LogP contribution >= 0.6 is 0 Å². The van der Waals surface area contributed by atoms with Gasteiger partial charge in [-0.1, -0.05) is 38.0 Å². The number of hydrogen-bond donors (Lipinski definition) is 2. The molecule has 5 heteroatoms. The first-order chi connectivity index (χ1) is 12.0. The van der Waals surface area contributed by atoms with E-state index < -0.39 is 12.1 Å². The van der Waals surface area contributed by atoms with E-state index in [4.69, 9.17) is 5.11 Å². The molecule has 0 amide bonds. The van der Waals surface area contributed by atoms with Crippen molar-refractivity contribution in [1.82, 2.24) is 0 Å². The molecular weight excluding hydrogens is 320 g/mol. The highest BCUT2D eigenvalue weighted by molar-refractivity contribution is 5.90. The Morgan fingerprint density at radius 1 is 1.16 bits per heavy atom. The highest BCUT2D eigenvalue weighted by Gasteiger charge is 2.39. The third kappa shape index (κ3) is 8.25. The van der Waals surface area contributed by atoms with Gasteiger partial charge in [0.15, 0.2) is 5.78 Å². The molecule has 1 aliphatic rings. The lowest BCUT2D eigenvalue weighted by Gasteiger charge is -2.15. The van der Waals surface area contributed by atoms with Gasteiger partial charge < -0.3 is 10.2 Å². The first-order valence-electron chi connectivity index (χ1n) is 9.24. The van der Waals surface area contributed by atoms with Crippen LogP contribution in [0.2, 0.25) is 0 Å². The number of allylic oxidation sites excluding steroid dienone is 3. The summed E-state index contributed by atoms with van der Waals surface area (Å²) >= 11 is 0. The molecule has 1 rings (SSSR count). The summed E-state index contributed by atoms with van der Waals surface area (Å²) in [7, 11) is 0. The van der Waals surface area contributed by atoms with Gasteiger partial charge in [-0.25, -0.2) is 0 Å². The first-order valence-corrected chi connectivity index (χ1v) is 9.24. The van der Waals surface area contributed by atoms with E-state index in [1.165, 1.54) is 6.08 Å². The molecule has 0 aromatic heterocycles. The van der Waals surface area contributed by atoms with Crippen LogP contribution in [0.4, 0.5) is 0 Å². The molecule has 1 fully saturated rings. The maximum Gasteiger partial charge on any atom is 0.303 e. The van der Waals surface area contributed by atoms with Crippen molar-refractivity contribution >= 4 is 17.5 Å². The Bertz CT molecular complexity index is 506. The van der Waals surface area contributed by atoms with E-state index in [1.54, 1.807) is 6.08 Å². The van der Waals surface area contributed by atoms with Crippen LogP contribution in [-0.4, -0.2) is 33.9 Å². The zero-order valence-corrected chi connectivity index (χ0v) is 15.0. The molecule has 0 bridgehead atoms. The van der Waals surface area contributed by atoms with Gasteiger partial charge in [-0.15, -0.1) is 0 Å². The Balaban J connectivity index is 2.49. The van der Waals surface area contributed by atoms with Crippen molar-refractivity contribution in [3.63, 3.8) is 0 Å². The monoisotopic (exact) mass is 350 g/mol. The molecule has 5 nitrogen and oxygen atoms in total. The van der Waals surface area contributed by atoms with Gasteiger partial charge in [0.25, 0.3) is 0 Å². The average Bonchev–Trinajstić information content (AvgIpc) is 2.82. The number of hydrogen-bond acceptors (Lipinski definition) is 4. The van der Waals surface area contributed by atoms with Crippen molar-refractivity contribution in [3.8, 4) is 0 Å². The number of aliphatic hydroxyl groups is 1. The molecular formula is C20H30O5. The van der Waals surface area contributed by atoms with Crippen LogP contribution in [0.3, 0.4) is 0 Å². The van der Waals surface area contributed by atoms with Crippen LogP contribution in [0.1, 0.15) is 64.7 Å². The van der Waals surface area contributed by atoms with Gasteiger partial charge in [-0.2, -0.15) is 0 Å². The second-order valence-electron chi connectivity index (χ2n) is 6.70. The summed E-state index contributed by atoms with van der Waals surface area (Å²) in [5.41, 5.74) is 0. The quantitative estimate of drug-likeness (QED) is 0.319. The largest absolute Gasteiger partial charge is 0.481 e. The fourth-order valence-corrected chi connectivity index (χ4v) is 3.11. The third-order valence-corrected chi connectivity index (χ3v) is 4.58. The third-order valence-electron chi connectivity index (χ3n) is 4.58. The number of aliphatic carboxylic acids is 1. The molecule has 0 aliphatic heterocycles. The van der Waals surface area contributed by atoms with Crippen LogP contribution < -0.4 is 0 Å². The van der Waals surface area contributed by atoms with Gasteiger partial charge in [0.05, 0.1) is 6.10 Å². The minimum absolute atomic E-state index is 0.0239. The maximum atomic E-state index is 12.1. The SMILES string of the molecule is CCCCCC(=O)/C=C/[C@@H]1[C@H](O)CC(=O)[C@H]1CC=CCCCC(=O)O. The lowest BCUT2D eigenvalue weighted by atomic mass is 9.90. The average molecular weight is 350 g/mol. The summed E-state index contributed by atoms with van der Waals surface area (Å²) in [6.07, 6.45) is 11.8. The summed E-state index contributed by atoms with van der Waals surface area (Å²) in [6, 6.07) is 0.